The molecule has 1 N–H and O–H groups in total. The van der Waals surface area contributed by atoms with Crippen molar-refractivity contribution in [1.29, 1.82) is 0 Å². The van der Waals surface area contributed by atoms with Crippen molar-refractivity contribution in [1.82, 2.24) is 14.7 Å². The summed E-state index contributed by atoms with van der Waals surface area (Å²) in [7, 11) is 0. The van der Waals surface area contributed by atoms with E-state index in [9.17, 15) is 9.90 Å². The maximum absolute atomic E-state index is 12.5. The summed E-state index contributed by atoms with van der Waals surface area (Å²) < 4.78 is 1.62. The molecule has 1 heterocycles. The Kier molecular flexibility index (Phi) is 6.19. The molecule has 1 aromatic carbocycles. The molecule has 0 saturated heterocycles. The summed E-state index contributed by atoms with van der Waals surface area (Å²) in [5.74, 6) is -0.0720. The van der Waals surface area contributed by atoms with Gasteiger partial charge in [0.2, 0.25) is 5.91 Å². The Balaban J connectivity index is 2.01. The second kappa shape index (κ2) is 8.13. The minimum absolute atomic E-state index is 0.0571. The van der Waals surface area contributed by atoms with Crippen LogP contribution >= 0.6 is 11.6 Å². The van der Waals surface area contributed by atoms with Gasteiger partial charge in [-0.3, -0.25) is 9.48 Å². The van der Waals surface area contributed by atoms with E-state index in [1.54, 1.807) is 9.58 Å². The fourth-order valence-corrected chi connectivity index (χ4v) is 2.58. The van der Waals surface area contributed by atoms with Gasteiger partial charge in [0.05, 0.1) is 23.0 Å². The molecule has 0 bridgehead atoms. The van der Waals surface area contributed by atoms with E-state index in [-0.39, 0.29) is 19.1 Å². The molecular weight excluding hydrogens is 314 g/mol. The first kappa shape index (κ1) is 17.5. The number of hydrogen-bond donors (Lipinski definition) is 1. The van der Waals surface area contributed by atoms with E-state index in [1.165, 1.54) is 0 Å². The minimum Gasteiger partial charge on any atom is -0.395 e. The second-order valence-electron chi connectivity index (χ2n) is 5.48. The van der Waals surface area contributed by atoms with E-state index in [4.69, 9.17) is 11.6 Å². The lowest BCUT2D eigenvalue weighted by molar-refractivity contribution is -0.132. The molecule has 6 heteroatoms. The van der Waals surface area contributed by atoms with Gasteiger partial charge in [0.15, 0.2) is 0 Å². The summed E-state index contributed by atoms with van der Waals surface area (Å²) >= 11 is 6.12. The molecule has 0 aliphatic rings. The van der Waals surface area contributed by atoms with Crippen molar-refractivity contribution in [2.75, 3.05) is 19.7 Å². The SMILES string of the molecule is Cc1nn(CC(=O)N(CCO)CCc2ccccc2)c(C)c1Cl. The highest BCUT2D eigenvalue weighted by atomic mass is 35.5. The molecule has 0 spiro atoms. The molecule has 0 aliphatic heterocycles. The molecule has 5 nitrogen and oxygen atoms in total. The quantitative estimate of drug-likeness (QED) is 0.844. The van der Waals surface area contributed by atoms with Crippen molar-refractivity contribution in [2.45, 2.75) is 26.8 Å². The van der Waals surface area contributed by atoms with Gasteiger partial charge in [0, 0.05) is 13.1 Å². The van der Waals surface area contributed by atoms with E-state index >= 15 is 0 Å². The number of aromatic nitrogens is 2. The maximum Gasteiger partial charge on any atom is 0.244 e. The largest absolute Gasteiger partial charge is 0.395 e. The van der Waals surface area contributed by atoms with Crippen LogP contribution < -0.4 is 0 Å². The van der Waals surface area contributed by atoms with Crippen molar-refractivity contribution in [2.24, 2.45) is 0 Å². The maximum atomic E-state index is 12.5. The predicted octanol–water partition coefficient (Wildman–Crippen LogP) is 2.22. The molecule has 0 atom stereocenters. The van der Waals surface area contributed by atoms with E-state index in [0.29, 0.717) is 18.1 Å². The Morgan fingerprint density at radius 1 is 1.26 bits per heavy atom. The normalized spacial score (nSPS) is 10.8. The molecular formula is C17H22ClN3O2. The van der Waals surface area contributed by atoms with E-state index in [2.05, 4.69) is 5.10 Å². The molecule has 1 amide bonds. The number of amides is 1. The Bertz CT molecular complexity index is 655. The Morgan fingerprint density at radius 3 is 2.52 bits per heavy atom. The van der Waals surface area contributed by atoms with Gasteiger partial charge in [-0.15, -0.1) is 0 Å². The number of rotatable bonds is 7. The summed E-state index contributed by atoms with van der Waals surface area (Å²) in [6.07, 6.45) is 0.754. The number of carbonyl (C=O) groups is 1. The number of nitrogens with zero attached hydrogens (tertiary/aromatic N) is 3. The van der Waals surface area contributed by atoms with Gasteiger partial charge in [-0.25, -0.2) is 0 Å². The first-order valence-electron chi connectivity index (χ1n) is 7.65. The predicted molar refractivity (Wildman–Crippen MR) is 90.5 cm³/mol. The summed E-state index contributed by atoms with van der Waals surface area (Å²) in [5.41, 5.74) is 2.66. The van der Waals surface area contributed by atoms with E-state index < -0.39 is 0 Å². The summed E-state index contributed by atoms with van der Waals surface area (Å²) in [6.45, 7) is 4.62. The number of aryl methyl sites for hydroxylation is 1. The lowest BCUT2D eigenvalue weighted by Gasteiger charge is -2.22. The molecule has 2 rings (SSSR count). The number of aliphatic hydroxyl groups is 1. The van der Waals surface area contributed by atoms with Crippen LogP contribution in [0.5, 0.6) is 0 Å². The molecule has 23 heavy (non-hydrogen) atoms. The van der Waals surface area contributed by atoms with Gasteiger partial charge >= 0.3 is 0 Å². The molecule has 124 valence electrons. The van der Waals surface area contributed by atoms with Crippen LogP contribution in [0.2, 0.25) is 5.02 Å². The monoisotopic (exact) mass is 335 g/mol. The molecule has 0 aliphatic carbocycles. The number of carbonyl (C=O) groups excluding carboxylic acids is 1. The van der Waals surface area contributed by atoms with Crippen LogP contribution in [0.3, 0.4) is 0 Å². The number of aliphatic hydroxyl groups excluding tert-OH is 1. The van der Waals surface area contributed by atoms with Gasteiger partial charge in [-0.2, -0.15) is 5.10 Å². The zero-order chi connectivity index (χ0) is 16.8. The minimum atomic E-state index is -0.0720. The fourth-order valence-electron chi connectivity index (χ4n) is 2.45. The molecule has 0 radical (unpaired) electrons. The van der Waals surface area contributed by atoms with Crippen molar-refractivity contribution >= 4 is 17.5 Å². The van der Waals surface area contributed by atoms with Crippen molar-refractivity contribution < 1.29 is 9.90 Å². The number of halogens is 1. The van der Waals surface area contributed by atoms with Crippen molar-refractivity contribution in [3.8, 4) is 0 Å². The molecule has 1 aromatic heterocycles. The average Bonchev–Trinajstić information content (AvgIpc) is 2.79. The van der Waals surface area contributed by atoms with Gasteiger partial charge in [-0.05, 0) is 25.8 Å². The van der Waals surface area contributed by atoms with Crippen molar-refractivity contribution in [3.05, 3.63) is 52.3 Å². The standard InChI is InChI=1S/C17H22ClN3O2/c1-13-17(18)14(2)21(19-13)12-16(23)20(10-11-22)9-8-15-6-4-3-5-7-15/h3-7,22H,8-12H2,1-2H3. The molecule has 0 unspecified atom stereocenters. The first-order chi connectivity index (χ1) is 11.0. The summed E-state index contributed by atoms with van der Waals surface area (Å²) in [4.78, 5) is 14.2. The molecule has 2 aromatic rings. The van der Waals surface area contributed by atoms with Crippen LogP contribution in [-0.2, 0) is 17.8 Å². The zero-order valence-electron chi connectivity index (χ0n) is 13.5. The second-order valence-corrected chi connectivity index (χ2v) is 5.86. The topological polar surface area (TPSA) is 58.4 Å². The first-order valence-corrected chi connectivity index (χ1v) is 8.02. The Hall–Kier alpha value is -1.85. The van der Waals surface area contributed by atoms with Gasteiger partial charge in [-0.1, -0.05) is 41.9 Å². The lowest BCUT2D eigenvalue weighted by Crippen LogP contribution is -2.38. The highest BCUT2D eigenvalue weighted by molar-refractivity contribution is 6.31. The average molecular weight is 336 g/mol. The number of hydrogen-bond acceptors (Lipinski definition) is 3. The fraction of sp³-hybridized carbons (Fsp3) is 0.412. The molecule has 0 saturated carbocycles. The third kappa shape index (κ3) is 4.56. The van der Waals surface area contributed by atoms with Crippen molar-refractivity contribution in [3.63, 3.8) is 0 Å². The van der Waals surface area contributed by atoms with E-state index in [0.717, 1.165) is 23.4 Å². The Labute approximate surface area is 141 Å². The highest BCUT2D eigenvalue weighted by Crippen LogP contribution is 2.18. The van der Waals surface area contributed by atoms with Crippen LogP contribution in [0.25, 0.3) is 0 Å². The lowest BCUT2D eigenvalue weighted by atomic mass is 10.1. The number of benzene rings is 1. The molecule has 0 fully saturated rings. The van der Waals surface area contributed by atoms with Crippen LogP contribution in [0.15, 0.2) is 30.3 Å². The summed E-state index contributed by atoms with van der Waals surface area (Å²) in [6, 6.07) is 9.98. The zero-order valence-corrected chi connectivity index (χ0v) is 14.3. The van der Waals surface area contributed by atoms with Gasteiger partial charge in [0.1, 0.15) is 6.54 Å². The smallest absolute Gasteiger partial charge is 0.244 e. The highest BCUT2D eigenvalue weighted by Gasteiger charge is 2.17. The van der Waals surface area contributed by atoms with Crippen LogP contribution in [0, 0.1) is 13.8 Å². The van der Waals surface area contributed by atoms with Crippen LogP contribution in [0.1, 0.15) is 17.0 Å². The van der Waals surface area contributed by atoms with Crippen LogP contribution in [-0.4, -0.2) is 45.4 Å². The Morgan fingerprint density at radius 2 is 1.96 bits per heavy atom. The third-order valence-electron chi connectivity index (χ3n) is 3.81. The summed E-state index contributed by atoms with van der Waals surface area (Å²) in [5, 5.41) is 14.1. The van der Waals surface area contributed by atoms with Crippen LogP contribution in [0.4, 0.5) is 0 Å². The third-order valence-corrected chi connectivity index (χ3v) is 4.36. The van der Waals surface area contributed by atoms with E-state index in [1.807, 2.05) is 44.2 Å². The van der Waals surface area contributed by atoms with Gasteiger partial charge < -0.3 is 10.0 Å². The van der Waals surface area contributed by atoms with Gasteiger partial charge in [0.25, 0.3) is 0 Å².